The molecule has 0 aliphatic rings. The second kappa shape index (κ2) is 17.3. The van der Waals surface area contributed by atoms with Crippen molar-refractivity contribution in [3.63, 3.8) is 0 Å². The number of nitrogens with one attached hydrogen (secondary N) is 1. The van der Waals surface area contributed by atoms with E-state index in [0.29, 0.717) is 30.3 Å². The summed E-state index contributed by atoms with van der Waals surface area (Å²) in [6.07, 6.45) is -2.02. The Labute approximate surface area is 269 Å². The zero-order valence-corrected chi connectivity index (χ0v) is 27.1. The van der Waals surface area contributed by atoms with Crippen LogP contribution in [0.3, 0.4) is 0 Å². The number of carbonyl (C=O) groups excluding carboxylic acids is 2. The number of rotatable bonds is 17. The molecule has 0 aromatic heterocycles. The van der Waals surface area contributed by atoms with E-state index >= 15 is 0 Å². The number of halogens is 2. The highest BCUT2D eigenvalue weighted by atomic mass is 32.2. The average Bonchev–Trinajstić information content (AvgIpc) is 3.01. The molecule has 0 aliphatic carbocycles. The van der Waals surface area contributed by atoms with Crippen LogP contribution in [0.25, 0.3) is 0 Å². The molecule has 3 aromatic carbocycles. The summed E-state index contributed by atoms with van der Waals surface area (Å²) in [5, 5.41) is 24.5. The van der Waals surface area contributed by atoms with Crippen molar-refractivity contribution >= 4 is 21.7 Å². The summed E-state index contributed by atoms with van der Waals surface area (Å²) in [7, 11) is -3.64. The van der Waals surface area contributed by atoms with E-state index < -0.39 is 52.2 Å². The van der Waals surface area contributed by atoms with Crippen LogP contribution < -0.4 is 5.32 Å². The predicted molar refractivity (Wildman–Crippen MR) is 170 cm³/mol. The van der Waals surface area contributed by atoms with Gasteiger partial charge in [0.05, 0.1) is 29.9 Å². The van der Waals surface area contributed by atoms with Gasteiger partial charge in [0.15, 0.2) is 9.84 Å². The Hall–Kier alpha value is -3.71. The third-order valence-electron chi connectivity index (χ3n) is 7.25. The summed E-state index contributed by atoms with van der Waals surface area (Å²) < 4.78 is 58.3. The van der Waals surface area contributed by atoms with Gasteiger partial charge in [-0.15, -0.1) is 0 Å². The Morgan fingerprint density at radius 3 is 2.13 bits per heavy atom. The minimum Gasteiger partial charge on any atom is -0.388 e. The fourth-order valence-corrected chi connectivity index (χ4v) is 6.20. The maximum absolute atomic E-state index is 14.0. The van der Waals surface area contributed by atoms with Gasteiger partial charge in [-0.25, -0.2) is 17.2 Å². The summed E-state index contributed by atoms with van der Waals surface area (Å²) in [5.41, 5.74) is 1.19. The number of carbonyl (C=O) groups is 2. The first-order valence-corrected chi connectivity index (χ1v) is 16.9. The Morgan fingerprint density at radius 1 is 0.913 bits per heavy atom. The number of ether oxygens (including phenoxy) is 1. The first-order chi connectivity index (χ1) is 21.8. The fourth-order valence-electron chi connectivity index (χ4n) is 5.05. The zero-order chi connectivity index (χ0) is 33.9. The van der Waals surface area contributed by atoms with Gasteiger partial charge in [-0.2, -0.15) is 0 Å². The summed E-state index contributed by atoms with van der Waals surface area (Å²) in [5.74, 6) is -2.99. The number of amides is 2. The van der Waals surface area contributed by atoms with Gasteiger partial charge in [0.25, 0.3) is 11.8 Å². The minimum atomic E-state index is -3.64. The van der Waals surface area contributed by atoms with E-state index in [1.807, 2.05) is 13.8 Å². The van der Waals surface area contributed by atoms with Gasteiger partial charge in [0.1, 0.15) is 23.8 Å². The molecule has 0 saturated heterocycles. The van der Waals surface area contributed by atoms with Gasteiger partial charge >= 0.3 is 0 Å². The number of hydrogen-bond acceptors (Lipinski definition) is 7. The molecule has 250 valence electrons. The number of aliphatic hydroxyl groups excluding tert-OH is 2. The molecule has 9 nitrogen and oxygen atoms in total. The molecule has 0 radical (unpaired) electrons. The third-order valence-corrected chi connectivity index (χ3v) is 8.94. The van der Waals surface area contributed by atoms with Gasteiger partial charge in [0.2, 0.25) is 0 Å². The van der Waals surface area contributed by atoms with Crippen molar-refractivity contribution in [1.82, 2.24) is 10.2 Å². The largest absolute Gasteiger partial charge is 0.388 e. The molecular weight excluding hydrogens is 618 g/mol. The summed E-state index contributed by atoms with van der Waals surface area (Å²) >= 11 is 0. The third kappa shape index (κ3) is 10.7. The van der Waals surface area contributed by atoms with Gasteiger partial charge in [-0.05, 0) is 79.8 Å². The topological polar surface area (TPSA) is 133 Å². The van der Waals surface area contributed by atoms with Crippen LogP contribution in [0.2, 0.25) is 0 Å². The normalized spacial score (nSPS) is 13.5. The van der Waals surface area contributed by atoms with E-state index in [2.05, 4.69) is 5.32 Å². The molecule has 2 amide bonds. The maximum Gasteiger partial charge on any atom is 0.253 e. The molecule has 3 rings (SSSR count). The van der Waals surface area contributed by atoms with E-state index in [9.17, 15) is 37.0 Å². The second-order valence-electron chi connectivity index (χ2n) is 11.2. The summed E-state index contributed by atoms with van der Waals surface area (Å²) in [6.45, 7) is 6.01. The monoisotopic (exact) mass is 660 g/mol. The molecule has 12 heteroatoms. The van der Waals surface area contributed by atoms with Gasteiger partial charge in [0, 0.05) is 30.3 Å². The SMILES string of the molecule is CCCN(CCC)C(=O)c1cc(C)cc(C(=O)N[C@@H](Cc2cc(F)cc(F)c2)[C@H](O)[C@@H](O)COCCS(=O)(=O)c2ccccc2)c1. The summed E-state index contributed by atoms with van der Waals surface area (Å²) in [6, 6.07) is 14.0. The van der Waals surface area contributed by atoms with E-state index in [1.54, 1.807) is 42.2 Å². The molecule has 0 heterocycles. The lowest BCUT2D eigenvalue weighted by molar-refractivity contribution is -0.0483. The molecule has 0 spiro atoms. The van der Waals surface area contributed by atoms with Crippen molar-refractivity contribution in [2.75, 3.05) is 32.1 Å². The number of aliphatic hydroxyl groups is 2. The van der Waals surface area contributed by atoms with Crippen LogP contribution >= 0.6 is 0 Å². The van der Waals surface area contributed by atoms with Gasteiger partial charge < -0.3 is 25.2 Å². The summed E-state index contributed by atoms with van der Waals surface area (Å²) in [4.78, 5) is 28.6. The van der Waals surface area contributed by atoms with Gasteiger partial charge in [-0.3, -0.25) is 9.59 Å². The lowest BCUT2D eigenvalue weighted by Gasteiger charge is -2.28. The molecule has 3 aromatic rings. The number of aryl methyl sites for hydroxylation is 1. The molecule has 0 aliphatic heterocycles. The Kier molecular flexibility index (Phi) is 13.8. The standard InChI is InChI=1S/C34H42F2N2O7S/c1-4-11-38(12-5-2)34(42)26-16-23(3)15-25(20-26)33(41)37-30(19-24-17-27(35)21-28(36)18-24)32(40)31(39)22-45-13-14-46(43,44)29-9-7-6-8-10-29/h6-10,15-18,20-21,30-32,39-40H,4-5,11-14,19,22H2,1-3H3,(H,37,41)/t30-,31-,32-/m0/s1. The smallest absolute Gasteiger partial charge is 0.253 e. The zero-order valence-electron chi connectivity index (χ0n) is 26.3. The molecule has 0 bridgehead atoms. The molecule has 0 fully saturated rings. The first kappa shape index (κ1) is 36.8. The maximum atomic E-state index is 14.0. The van der Waals surface area contributed by atoms with Crippen molar-refractivity contribution in [2.24, 2.45) is 0 Å². The van der Waals surface area contributed by atoms with Crippen LogP contribution in [0.4, 0.5) is 8.78 Å². The lowest BCUT2D eigenvalue weighted by atomic mass is 9.96. The highest BCUT2D eigenvalue weighted by Gasteiger charge is 2.30. The van der Waals surface area contributed by atoms with E-state index in [1.165, 1.54) is 18.2 Å². The Balaban J connectivity index is 1.77. The van der Waals surface area contributed by atoms with Gasteiger partial charge in [-0.1, -0.05) is 32.0 Å². The van der Waals surface area contributed by atoms with Crippen LogP contribution in [-0.4, -0.2) is 85.7 Å². The molecule has 3 N–H and O–H groups in total. The van der Waals surface area contributed by atoms with Crippen LogP contribution in [0.15, 0.2) is 71.6 Å². The fraction of sp³-hybridized carbons (Fsp3) is 0.412. The molecule has 0 saturated carbocycles. The van der Waals surface area contributed by atoms with Crippen LogP contribution in [0.1, 0.15) is 58.5 Å². The van der Waals surface area contributed by atoms with E-state index in [0.717, 1.165) is 25.0 Å². The van der Waals surface area contributed by atoms with Crippen molar-refractivity contribution in [3.05, 3.63) is 101 Å². The Bertz CT molecular complexity index is 1540. The highest BCUT2D eigenvalue weighted by molar-refractivity contribution is 7.91. The average molecular weight is 661 g/mol. The Morgan fingerprint density at radius 2 is 1.52 bits per heavy atom. The van der Waals surface area contributed by atoms with E-state index in [-0.39, 0.29) is 40.7 Å². The minimum absolute atomic E-state index is 0.110. The van der Waals surface area contributed by atoms with Crippen molar-refractivity contribution in [2.45, 2.75) is 63.2 Å². The molecule has 46 heavy (non-hydrogen) atoms. The number of hydrogen-bond donors (Lipinski definition) is 3. The van der Waals surface area contributed by atoms with E-state index in [4.69, 9.17) is 4.74 Å². The predicted octanol–water partition coefficient (Wildman–Crippen LogP) is 4.09. The van der Waals surface area contributed by atoms with Crippen LogP contribution in [0, 0.1) is 18.6 Å². The highest BCUT2D eigenvalue weighted by Crippen LogP contribution is 2.17. The second-order valence-corrected chi connectivity index (χ2v) is 13.3. The number of sulfone groups is 1. The van der Waals surface area contributed by atoms with Crippen molar-refractivity contribution in [1.29, 1.82) is 0 Å². The van der Waals surface area contributed by atoms with Crippen molar-refractivity contribution < 1.29 is 41.7 Å². The molecular formula is C34H42F2N2O7S. The molecule has 0 unspecified atom stereocenters. The lowest BCUT2D eigenvalue weighted by Crippen LogP contribution is -2.51. The number of nitrogens with zero attached hydrogens (tertiary/aromatic N) is 1. The quantitative estimate of drug-likeness (QED) is 0.186. The molecule has 3 atom stereocenters. The van der Waals surface area contributed by atoms with Crippen LogP contribution in [-0.2, 0) is 21.0 Å². The first-order valence-electron chi connectivity index (χ1n) is 15.2. The number of benzene rings is 3. The van der Waals surface area contributed by atoms with Crippen molar-refractivity contribution in [3.8, 4) is 0 Å². The van der Waals surface area contributed by atoms with Crippen LogP contribution in [0.5, 0.6) is 0 Å².